The van der Waals surface area contributed by atoms with Crippen LogP contribution >= 0.6 is 11.8 Å². The van der Waals surface area contributed by atoms with Crippen LogP contribution in [-0.2, 0) is 0 Å². The van der Waals surface area contributed by atoms with Gasteiger partial charge in [0.2, 0.25) is 0 Å². The fourth-order valence-corrected chi connectivity index (χ4v) is 2.28. The Kier molecular flexibility index (Phi) is 2.01. The standard InChI is InChI=1S/C8H12S/c1-4-8-5-6(2)9-7(8)3/h4,6H,1,5H2,2-3H3. The Bertz CT molecular complexity index is 156. The summed E-state index contributed by atoms with van der Waals surface area (Å²) >= 11 is 1.96. The molecule has 0 spiro atoms. The van der Waals surface area contributed by atoms with Gasteiger partial charge >= 0.3 is 0 Å². The second-order valence-electron chi connectivity index (χ2n) is 2.42. The minimum atomic E-state index is 0.776. The molecule has 9 heavy (non-hydrogen) atoms. The van der Waals surface area contributed by atoms with Crippen LogP contribution in [0.4, 0.5) is 0 Å². The van der Waals surface area contributed by atoms with Crippen molar-refractivity contribution in [2.75, 3.05) is 0 Å². The van der Waals surface area contributed by atoms with Crippen LogP contribution in [0, 0.1) is 0 Å². The summed E-state index contributed by atoms with van der Waals surface area (Å²) in [6.07, 6.45) is 3.19. The van der Waals surface area contributed by atoms with Crippen LogP contribution in [0.3, 0.4) is 0 Å². The molecule has 1 rings (SSSR count). The lowest BCUT2D eigenvalue weighted by molar-refractivity contribution is 0.969. The van der Waals surface area contributed by atoms with Gasteiger partial charge in [0.15, 0.2) is 0 Å². The lowest BCUT2D eigenvalue weighted by atomic mass is 10.1. The highest BCUT2D eigenvalue weighted by atomic mass is 32.2. The van der Waals surface area contributed by atoms with Crippen LogP contribution in [0.15, 0.2) is 23.1 Å². The molecular formula is C8H12S. The zero-order valence-corrected chi connectivity index (χ0v) is 6.79. The molecule has 50 valence electrons. The van der Waals surface area contributed by atoms with Gasteiger partial charge in [-0.3, -0.25) is 0 Å². The molecule has 1 aliphatic rings. The molecule has 1 heteroatoms. The van der Waals surface area contributed by atoms with Gasteiger partial charge in [0.05, 0.1) is 0 Å². The Labute approximate surface area is 61.0 Å². The van der Waals surface area contributed by atoms with Crippen LogP contribution in [0.2, 0.25) is 0 Å². The number of rotatable bonds is 1. The molecule has 1 unspecified atom stereocenters. The molecular weight excluding hydrogens is 128 g/mol. The first kappa shape index (κ1) is 6.94. The molecule has 0 amide bonds. The number of hydrogen-bond donors (Lipinski definition) is 0. The van der Waals surface area contributed by atoms with Crippen molar-refractivity contribution in [3.8, 4) is 0 Å². The smallest absolute Gasteiger partial charge is 0.0103 e. The van der Waals surface area contributed by atoms with Crippen molar-refractivity contribution in [3.05, 3.63) is 23.1 Å². The number of hydrogen-bond acceptors (Lipinski definition) is 1. The monoisotopic (exact) mass is 140 g/mol. The first-order valence-electron chi connectivity index (χ1n) is 3.23. The fraction of sp³-hybridized carbons (Fsp3) is 0.500. The summed E-state index contributed by atoms with van der Waals surface area (Å²) in [5.74, 6) is 0. The third kappa shape index (κ3) is 1.39. The van der Waals surface area contributed by atoms with E-state index >= 15 is 0 Å². The van der Waals surface area contributed by atoms with Crippen molar-refractivity contribution in [2.45, 2.75) is 25.5 Å². The lowest BCUT2D eigenvalue weighted by Gasteiger charge is -1.95. The van der Waals surface area contributed by atoms with Gasteiger partial charge in [0.25, 0.3) is 0 Å². The summed E-state index contributed by atoms with van der Waals surface area (Å²) in [6.45, 7) is 8.18. The van der Waals surface area contributed by atoms with Crippen LogP contribution in [0.25, 0.3) is 0 Å². The van der Waals surface area contributed by atoms with Gasteiger partial charge in [-0.05, 0) is 23.8 Å². The molecule has 1 aliphatic heterocycles. The Morgan fingerprint density at radius 2 is 2.44 bits per heavy atom. The SMILES string of the molecule is C=CC1=C(C)SC(C)C1. The molecule has 0 aromatic rings. The van der Waals surface area contributed by atoms with Crippen molar-refractivity contribution >= 4 is 11.8 Å². The van der Waals surface area contributed by atoms with E-state index in [1.54, 1.807) is 0 Å². The molecule has 0 radical (unpaired) electrons. The predicted octanol–water partition coefficient (Wildman–Crippen LogP) is 2.97. The summed E-state index contributed by atoms with van der Waals surface area (Å²) in [5.41, 5.74) is 1.44. The van der Waals surface area contributed by atoms with Crippen molar-refractivity contribution in [2.24, 2.45) is 0 Å². The molecule has 0 bridgehead atoms. The summed E-state index contributed by atoms with van der Waals surface area (Å²) in [5, 5.41) is 0.776. The van der Waals surface area contributed by atoms with E-state index in [4.69, 9.17) is 0 Å². The Hall–Kier alpha value is -0.170. The van der Waals surface area contributed by atoms with E-state index in [2.05, 4.69) is 20.4 Å². The van der Waals surface area contributed by atoms with E-state index < -0.39 is 0 Å². The van der Waals surface area contributed by atoms with Gasteiger partial charge in [0, 0.05) is 5.25 Å². The maximum atomic E-state index is 3.76. The summed E-state index contributed by atoms with van der Waals surface area (Å²) in [7, 11) is 0. The molecule has 0 aliphatic carbocycles. The zero-order valence-electron chi connectivity index (χ0n) is 5.98. The van der Waals surface area contributed by atoms with Crippen LogP contribution in [0.5, 0.6) is 0 Å². The van der Waals surface area contributed by atoms with E-state index in [0.717, 1.165) is 5.25 Å². The molecule has 0 aromatic heterocycles. The third-order valence-corrected chi connectivity index (χ3v) is 2.77. The fourth-order valence-electron chi connectivity index (χ4n) is 1.10. The van der Waals surface area contributed by atoms with E-state index in [1.807, 2.05) is 17.8 Å². The largest absolute Gasteiger partial charge is 0.127 e. The second kappa shape index (κ2) is 2.61. The minimum Gasteiger partial charge on any atom is -0.127 e. The van der Waals surface area contributed by atoms with Gasteiger partial charge < -0.3 is 0 Å². The van der Waals surface area contributed by atoms with Crippen molar-refractivity contribution in [3.63, 3.8) is 0 Å². The van der Waals surface area contributed by atoms with Crippen LogP contribution in [0.1, 0.15) is 20.3 Å². The van der Waals surface area contributed by atoms with Crippen molar-refractivity contribution < 1.29 is 0 Å². The first-order valence-corrected chi connectivity index (χ1v) is 4.11. The van der Waals surface area contributed by atoms with E-state index in [1.165, 1.54) is 16.9 Å². The van der Waals surface area contributed by atoms with E-state index in [0.29, 0.717) is 0 Å². The Balaban J connectivity index is 2.69. The topological polar surface area (TPSA) is 0 Å². The lowest BCUT2D eigenvalue weighted by Crippen LogP contribution is -1.86. The van der Waals surface area contributed by atoms with Gasteiger partial charge in [-0.15, -0.1) is 11.8 Å². The average molecular weight is 140 g/mol. The Morgan fingerprint density at radius 1 is 1.78 bits per heavy atom. The minimum absolute atomic E-state index is 0.776. The molecule has 0 fully saturated rings. The van der Waals surface area contributed by atoms with E-state index in [-0.39, 0.29) is 0 Å². The first-order chi connectivity index (χ1) is 4.24. The van der Waals surface area contributed by atoms with Crippen LogP contribution in [-0.4, -0.2) is 5.25 Å². The van der Waals surface area contributed by atoms with E-state index in [9.17, 15) is 0 Å². The predicted molar refractivity (Wildman–Crippen MR) is 44.6 cm³/mol. The molecule has 1 heterocycles. The Morgan fingerprint density at radius 3 is 2.67 bits per heavy atom. The number of thioether (sulfide) groups is 1. The highest BCUT2D eigenvalue weighted by Crippen LogP contribution is 2.36. The third-order valence-electron chi connectivity index (χ3n) is 1.58. The van der Waals surface area contributed by atoms with Crippen molar-refractivity contribution in [1.82, 2.24) is 0 Å². The quantitative estimate of drug-likeness (QED) is 0.539. The number of allylic oxidation sites excluding steroid dienone is 3. The van der Waals surface area contributed by atoms with Gasteiger partial charge in [-0.1, -0.05) is 19.6 Å². The summed E-state index contributed by atoms with van der Waals surface area (Å²) < 4.78 is 0. The van der Waals surface area contributed by atoms with Gasteiger partial charge in [0.1, 0.15) is 0 Å². The molecule has 0 saturated heterocycles. The summed E-state index contributed by atoms with van der Waals surface area (Å²) in [4.78, 5) is 1.46. The van der Waals surface area contributed by atoms with Gasteiger partial charge in [-0.25, -0.2) is 0 Å². The second-order valence-corrected chi connectivity index (χ2v) is 4.07. The molecule has 0 aromatic carbocycles. The average Bonchev–Trinajstić information content (AvgIpc) is 2.10. The molecule has 1 atom stereocenters. The molecule has 0 saturated carbocycles. The maximum absolute atomic E-state index is 3.76. The zero-order chi connectivity index (χ0) is 6.85. The normalized spacial score (nSPS) is 27.1. The molecule has 0 nitrogen and oxygen atoms in total. The van der Waals surface area contributed by atoms with Crippen molar-refractivity contribution in [1.29, 1.82) is 0 Å². The molecule has 0 N–H and O–H groups in total. The van der Waals surface area contributed by atoms with Gasteiger partial charge in [-0.2, -0.15) is 0 Å². The van der Waals surface area contributed by atoms with Crippen LogP contribution < -0.4 is 0 Å². The highest BCUT2D eigenvalue weighted by molar-refractivity contribution is 8.03. The summed E-state index contributed by atoms with van der Waals surface area (Å²) in [6, 6.07) is 0. The maximum Gasteiger partial charge on any atom is 0.0103 e. The highest BCUT2D eigenvalue weighted by Gasteiger charge is 2.15.